The maximum absolute atomic E-state index is 5.20. The molecule has 3 nitrogen and oxygen atoms in total. The van der Waals surface area contributed by atoms with Crippen molar-refractivity contribution in [3.63, 3.8) is 0 Å². The Morgan fingerprint density at radius 3 is 2.67 bits per heavy atom. The topological polar surface area (TPSA) is 30.5 Å². The maximum Gasteiger partial charge on any atom is 0.133 e. The third kappa shape index (κ3) is 5.85. The first-order chi connectivity index (χ1) is 8.77. The van der Waals surface area contributed by atoms with Crippen molar-refractivity contribution in [3.8, 4) is 5.75 Å². The Morgan fingerprint density at radius 1 is 1.17 bits per heavy atom. The first kappa shape index (κ1) is 15.5. The Morgan fingerprint density at radius 2 is 2.00 bits per heavy atom. The number of ether oxygens (including phenoxy) is 2. The molecule has 0 spiro atoms. The number of hydrogen-bond donors (Lipinski definition) is 1. The summed E-state index contributed by atoms with van der Waals surface area (Å²) in [6.07, 6.45) is 3.56. The Balaban J connectivity index is 2.17. The predicted molar refractivity (Wildman–Crippen MR) is 78.1 cm³/mol. The molecule has 0 unspecified atom stereocenters. The van der Waals surface area contributed by atoms with Crippen LogP contribution in [0.5, 0.6) is 5.75 Å². The normalized spacial score (nSPS) is 10.6. The molecule has 0 radical (unpaired) electrons. The van der Waals surface area contributed by atoms with Gasteiger partial charge in [0.25, 0.3) is 0 Å². The van der Waals surface area contributed by atoms with Crippen LogP contribution in [0.15, 0.2) is 22.7 Å². The van der Waals surface area contributed by atoms with Crippen molar-refractivity contribution < 1.29 is 9.47 Å². The van der Waals surface area contributed by atoms with Gasteiger partial charge in [0.05, 0.1) is 11.6 Å². The minimum atomic E-state index is 0.866. The van der Waals surface area contributed by atoms with Crippen LogP contribution < -0.4 is 10.1 Å². The standard InChI is InChI=1S/C14H22BrNO2/c1-17-9-5-3-4-8-16-11-12-6-7-14(18-2)13(15)10-12/h6-7,10,16H,3-5,8-9,11H2,1-2H3. The fourth-order valence-electron chi connectivity index (χ4n) is 1.73. The first-order valence-electron chi connectivity index (χ1n) is 6.30. The molecule has 102 valence electrons. The van der Waals surface area contributed by atoms with Gasteiger partial charge in [-0.1, -0.05) is 6.07 Å². The van der Waals surface area contributed by atoms with Gasteiger partial charge in [-0.25, -0.2) is 0 Å². The summed E-state index contributed by atoms with van der Waals surface area (Å²) in [6.45, 7) is 2.81. The second kappa shape index (κ2) is 9.36. The number of nitrogens with one attached hydrogen (secondary N) is 1. The zero-order valence-electron chi connectivity index (χ0n) is 11.2. The van der Waals surface area contributed by atoms with Crippen LogP contribution in [0.3, 0.4) is 0 Å². The van der Waals surface area contributed by atoms with E-state index >= 15 is 0 Å². The lowest BCUT2D eigenvalue weighted by atomic mass is 10.2. The van der Waals surface area contributed by atoms with E-state index in [0.29, 0.717) is 0 Å². The molecule has 18 heavy (non-hydrogen) atoms. The molecule has 0 fully saturated rings. The molecular formula is C14H22BrNO2. The number of halogens is 1. The van der Waals surface area contributed by atoms with Gasteiger partial charge in [-0.3, -0.25) is 0 Å². The van der Waals surface area contributed by atoms with Crippen LogP contribution in [-0.2, 0) is 11.3 Å². The van der Waals surface area contributed by atoms with Crippen molar-refractivity contribution in [3.05, 3.63) is 28.2 Å². The molecule has 4 heteroatoms. The third-order valence-corrected chi connectivity index (χ3v) is 3.37. The summed E-state index contributed by atoms with van der Waals surface area (Å²) in [5.41, 5.74) is 1.26. The van der Waals surface area contributed by atoms with Crippen LogP contribution in [0.4, 0.5) is 0 Å². The van der Waals surface area contributed by atoms with Crippen LogP contribution >= 0.6 is 15.9 Å². The minimum Gasteiger partial charge on any atom is -0.496 e. The molecule has 1 aromatic rings. The van der Waals surface area contributed by atoms with Crippen LogP contribution in [0, 0.1) is 0 Å². The summed E-state index contributed by atoms with van der Waals surface area (Å²) in [5, 5.41) is 3.44. The van der Waals surface area contributed by atoms with Crippen molar-refractivity contribution in [2.45, 2.75) is 25.8 Å². The van der Waals surface area contributed by atoms with Gasteiger partial charge < -0.3 is 14.8 Å². The average molecular weight is 316 g/mol. The van der Waals surface area contributed by atoms with Crippen LogP contribution in [-0.4, -0.2) is 27.4 Å². The summed E-state index contributed by atoms with van der Waals surface area (Å²) in [4.78, 5) is 0. The molecule has 0 aromatic heterocycles. The quantitative estimate of drug-likeness (QED) is 0.709. The molecule has 1 aromatic carbocycles. The van der Waals surface area contributed by atoms with Crippen molar-refractivity contribution in [1.29, 1.82) is 0 Å². The highest BCUT2D eigenvalue weighted by molar-refractivity contribution is 9.10. The highest BCUT2D eigenvalue weighted by atomic mass is 79.9. The molecule has 0 saturated carbocycles. The Hall–Kier alpha value is -0.580. The Bertz CT molecular complexity index is 345. The van der Waals surface area contributed by atoms with Crippen molar-refractivity contribution in [2.24, 2.45) is 0 Å². The van der Waals surface area contributed by atoms with E-state index in [1.54, 1.807) is 14.2 Å². The number of hydrogen-bond acceptors (Lipinski definition) is 3. The Labute approximate surface area is 118 Å². The van der Waals surface area contributed by atoms with Crippen molar-refractivity contribution in [2.75, 3.05) is 27.4 Å². The summed E-state index contributed by atoms with van der Waals surface area (Å²) < 4.78 is 11.2. The van der Waals surface area contributed by atoms with Crippen LogP contribution in [0.25, 0.3) is 0 Å². The van der Waals surface area contributed by atoms with E-state index < -0.39 is 0 Å². The van der Waals surface area contributed by atoms with E-state index in [1.165, 1.54) is 18.4 Å². The maximum atomic E-state index is 5.20. The summed E-state index contributed by atoms with van der Waals surface area (Å²) in [6, 6.07) is 6.16. The van der Waals surface area contributed by atoms with Gasteiger partial charge in [0, 0.05) is 20.3 Å². The smallest absolute Gasteiger partial charge is 0.133 e. The largest absolute Gasteiger partial charge is 0.496 e. The minimum absolute atomic E-state index is 0.866. The van der Waals surface area contributed by atoms with Gasteiger partial charge in [-0.15, -0.1) is 0 Å². The third-order valence-electron chi connectivity index (χ3n) is 2.75. The lowest BCUT2D eigenvalue weighted by Gasteiger charge is -2.08. The molecule has 0 aliphatic rings. The van der Waals surface area contributed by atoms with E-state index in [1.807, 2.05) is 6.07 Å². The second-order valence-corrected chi connectivity index (χ2v) is 5.05. The lowest BCUT2D eigenvalue weighted by molar-refractivity contribution is 0.192. The number of rotatable bonds is 9. The summed E-state index contributed by atoms with van der Waals surface area (Å²) in [5.74, 6) is 0.873. The summed E-state index contributed by atoms with van der Waals surface area (Å²) in [7, 11) is 3.43. The monoisotopic (exact) mass is 315 g/mol. The number of unbranched alkanes of at least 4 members (excludes halogenated alkanes) is 2. The molecule has 0 amide bonds. The lowest BCUT2D eigenvalue weighted by Crippen LogP contribution is -2.14. The molecule has 1 rings (SSSR count). The van der Waals surface area contributed by atoms with Gasteiger partial charge in [0.1, 0.15) is 5.75 Å². The van der Waals surface area contributed by atoms with E-state index in [-0.39, 0.29) is 0 Å². The molecule has 0 aliphatic carbocycles. The fourth-order valence-corrected chi connectivity index (χ4v) is 2.31. The average Bonchev–Trinajstić information content (AvgIpc) is 2.38. The van der Waals surface area contributed by atoms with E-state index in [9.17, 15) is 0 Å². The molecule has 0 atom stereocenters. The zero-order valence-corrected chi connectivity index (χ0v) is 12.8. The molecule has 0 aliphatic heterocycles. The van der Waals surface area contributed by atoms with Crippen molar-refractivity contribution in [1.82, 2.24) is 5.32 Å². The Kier molecular flexibility index (Phi) is 8.05. The highest BCUT2D eigenvalue weighted by Crippen LogP contribution is 2.25. The first-order valence-corrected chi connectivity index (χ1v) is 7.09. The SMILES string of the molecule is COCCCCCNCc1ccc(OC)c(Br)c1. The van der Waals surface area contributed by atoms with Gasteiger partial charge in [-0.05, 0) is 59.4 Å². The van der Waals surface area contributed by atoms with Crippen LogP contribution in [0.2, 0.25) is 0 Å². The molecule has 1 N–H and O–H groups in total. The summed E-state index contributed by atoms with van der Waals surface area (Å²) >= 11 is 3.49. The molecule has 0 heterocycles. The fraction of sp³-hybridized carbons (Fsp3) is 0.571. The van der Waals surface area contributed by atoms with Crippen molar-refractivity contribution >= 4 is 15.9 Å². The highest BCUT2D eigenvalue weighted by Gasteiger charge is 2.00. The zero-order chi connectivity index (χ0) is 13.2. The predicted octanol–water partition coefficient (Wildman–Crippen LogP) is 3.36. The second-order valence-electron chi connectivity index (χ2n) is 4.20. The molecule has 0 bridgehead atoms. The van der Waals surface area contributed by atoms with Gasteiger partial charge in [-0.2, -0.15) is 0 Å². The van der Waals surface area contributed by atoms with Gasteiger partial charge in [0.15, 0.2) is 0 Å². The van der Waals surface area contributed by atoms with E-state index in [4.69, 9.17) is 9.47 Å². The number of methoxy groups -OCH3 is 2. The van der Waals surface area contributed by atoms with E-state index in [2.05, 4.69) is 33.4 Å². The molecule has 0 saturated heterocycles. The molecular weight excluding hydrogens is 294 g/mol. The van der Waals surface area contributed by atoms with Gasteiger partial charge >= 0.3 is 0 Å². The van der Waals surface area contributed by atoms with E-state index in [0.717, 1.165) is 36.3 Å². The number of benzene rings is 1. The van der Waals surface area contributed by atoms with Gasteiger partial charge in [0.2, 0.25) is 0 Å². The van der Waals surface area contributed by atoms with Crippen LogP contribution in [0.1, 0.15) is 24.8 Å².